The predicted octanol–water partition coefficient (Wildman–Crippen LogP) is 2.79. The Morgan fingerprint density at radius 2 is 2.00 bits per heavy atom. The third-order valence-corrected chi connectivity index (χ3v) is 5.59. The summed E-state index contributed by atoms with van der Waals surface area (Å²) in [6.07, 6.45) is 1.32. The quantitative estimate of drug-likeness (QED) is 0.664. The van der Waals surface area contributed by atoms with Gasteiger partial charge in [0.25, 0.3) is 11.8 Å². The number of methoxy groups -OCH3 is 1. The molecule has 8 heteroatoms. The second-order valence-corrected chi connectivity index (χ2v) is 7.59. The first-order chi connectivity index (χ1) is 15.0. The van der Waals surface area contributed by atoms with Crippen LogP contribution in [0.5, 0.6) is 5.75 Å². The van der Waals surface area contributed by atoms with E-state index in [2.05, 4.69) is 0 Å². The molecule has 2 aliphatic rings. The predicted molar refractivity (Wildman–Crippen MR) is 110 cm³/mol. The Morgan fingerprint density at radius 3 is 2.68 bits per heavy atom. The number of carbonyl (C=O) groups excluding carboxylic acids is 3. The molecule has 0 aliphatic carbocycles. The fourth-order valence-electron chi connectivity index (χ4n) is 4.00. The second-order valence-electron chi connectivity index (χ2n) is 7.59. The van der Waals surface area contributed by atoms with Gasteiger partial charge in [-0.05, 0) is 55.3 Å². The molecular weight excluding hydrogens is 403 g/mol. The maximum absolute atomic E-state index is 13.4. The molecule has 2 unspecified atom stereocenters. The van der Waals surface area contributed by atoms with Crippen LogP contribution in [0, 0.1) is 5.82 Å². The van der Waals surface area contributed by atoms with E-state index >= 15 is 0 Å². The molecule has 0 bridgehead atoms. The van der Waals surface area contributed by atoms with Crippen molar-refractivity contribution in [2.24, 2.45) is 0 Å². The summed E-state index contributed by atoms with van der Waals surface area (Å²) in [5, 5.41) is 0. The fraction of sp³-hybridized carbons (Fsp3) is 0.348. The monoisotopic (exact) mass is 426 g/mol. The summed E-state index contributed by atoms with van der Waals surface area (Å²) in [5.41, 5.74) is 0.641. The summed E-state index contributed by atoms with van der Waals surface area (Å²) in [6, 6.07) is 10.8. The van der Waals surface area contributed by atoms with Crippen molar-refractivity contribution in [3.63, 3.8) is 0 Å². The minimum absolute atomic E-state index is 0.140. The van der Waals surface area contributed by atoms with Gasteiger partial charge in [-0.15, -0.1) is 0 Å². The lowest BCUT2D eigenvalue weighted by atomic mass is 10.1. The van der Waals surface area contributed by atoms with E-state index in [0.717, 1.165) is 17.7 Å². The first kappa shape index (κ1) is 21.0. The Kier molecular flexibility index (Phi) is 5.99. The Morgan fingerprint density at radius 1 is 1.23 bits per heavy atom. The van der Waals surface area contributed by atoms with E-state index in [9.17, 15) is 18.8 Å². The number of carbonyl (C=O) groups is 3. The number of halogens is 1. The van der Waals surface area contributed by atoms with Gasteiger partial charge in [-0.25, -0.2) is 9.29 Å². The van der Waals surface area contributed by atoms with E-state index in [1.165, 1.54) is 36.3 Å². The highest BCUT2D eigenvalue weighted by molar-refractivity contribution is 6.23. The lowest BCUT2D eigenvalue weighted by Gasteiger charge is -2.30. The summed E-state index contributed by atoms with van der Waals surface area (Å²) in [6.45, 7) is 0.808. The summed E-state index contributed by atoms with van der Waals surface area (Å²) in [7, 11) is 1.51. The van der Waals surface area contributed by atoms with Gasteiger partial charge in [-0.2, -0.15) is 0 Å². The number of hydrogen-bond acceptors (Lipinski definition) is 5. The van der Waals surface area contributed by atoms with Gasteiger partial charge in [0.15, 0.2) is 0 Å². The van der Waals surface area contributed by atoms with Crippen molar-refractivity contribution < 1.29 is 28.2 Å². The molecule has 2 aliphatic heterocycles. The number of rotatable bonds is 6. The first-order valence-electron chi connectivity index (χ1n) is 10.2. The van der Waals surface area contributed by atoms with Crippen LogP contribution in [-0.4, -0.2) is 55.0 Å². The molecular formula is C23H23FN2O5. The van der Waals surface area contributed by atoms with Crippen molar-refractivity contribution in [3.05, 3.63) is 59.9 Å². The fourth-order valence-corrected chi connectivity index (χ4v) is 4.00. The number of anilines is 1. The average Bonchev–Trinajstić information content (AvgIpc) is 3.40. The Labute approximate surface area is 179 Å². The lowest BCUT2D eigenvalue weighted by Crippen LogP contribution is -2.48. The molecule has 0 spiro atoms. The van der Waals surface area contributed by atoms with Crippen molar-refractivity contribution in [2.75, 3.05) is 25.2 Å². The number of hydrogen-bond donors (Lipinski definition) is 0. The zero-order valence-electron chi connectivity index (χ0n) is 17.1. The number of amides is 3. The minimum Gasteiger partial charge on any atom is -0.497 e. The number of imide groups is 1. The molecule has 2 aromatic rings. The maximum Gasteiger partial charge on any atom is 0.257 e. The van der Waals surface area contributed by atoms with E-state index in [1.807, 2.05) is 0 Å². The Hall–Kier alpha value is -3.26. The van der Waals surface area contributed by atoms with E-state index in [0.29, 0.717) is 17.9 Å². The van der Waals surface area contributed by atoms with E-state index in [1.54, 1.807) is 24.3 Å². The van der Waals surface area contributed by atoms with E-state index in [4.69, 9.17) is 9.47 Å². The van der Waals surface area contributed by atoms with Crippen molar-refractivity contribution in [3.8, 4) is 5.75 Å². The topological polar surface area (TPSA) is 76.2 Å². The Balaban J connectivity index is 1.64. The molecule has 3 amide bonds. The summed E-state index contributed by atoms with van der Waals surface area (Å²) in [5.74, 6) is -1.26. The average molecular weight is 426 g/mol. The van der Waals surface area contributed by atoms with Crippen LogP contribution in [0.1, 0.15) is 29.6 Å². The number of benzene rings is 2. The van der Waals surface area contributed by atoms with Gasteiger partial charge in [0.2, 0.25) is 5.91 Å². The van der Waals surface area contributed by atoms with Crippen molar-refractivity contribution in [1.82, 2.24) is 4.90 Å². The van der Waals surface area contributed by atoms with E-state index < -0.39 is 23.7 Å². The van der Waals surface area contributed by atoms with Crippen LogP contribution in [-0.2, 0) is 14.3 Å². The molecule has 162 valence electrons. The third kappa shape index (κ3) is 4.29. The van der Waals surface area contributed by atoms with Gasteiger partial charge in [-0.1, -0.05) is 6.07 Å². The molecule has 2 atom stereocenters. The Bertz CT molecular complexity index is 988. The summed E-state index contributed by atoms with van der Waals surface area (Å²) in [4.78, 5) is 41.8. The highest BCUT2D eigenvalue weighted by atomic mass is 19.1. The van der Waals surface area contributed by atoms with Gasteiger partial charge in [0.05, 0.1) is 25.3 Å². The van der Waals surface area contributed by atoms with Crippen molar-refractivity contribution in [1.29, 1.82) is 0 Å². The largest absolute Gasteiger partial charge is 0.497 e. The van der Waals surface area contributed by atoms with Crippen molar-refractivity contribution >= 4 is 23.4 Å². The van der Waals surface area contributed by atoms with Gasteiger partial charge in [-0.3, -0.25) is 14.4 Å². The van der Waals surface area contributed by atoms with Gasteiger partial charge < -0.3 is 14.4 Å². The van der Waals surface area contributed by atoms with Crippen LogP contribution in [0.4, 0.5) is 10.1 Å². The van der Waals surface area contributed by atoms with Crippen LogP contribution < -0.4 is 9.64 Å². The van der Waals surface area contributed by atoms with Gasteiger partial charge in [0.1, 0.15) is 17.6 Å². The second kappa shape index (κ2) is 8.85. The molecule has 0 saturated carbocycles. The molecule has 2 saturated heterocycles. The molecule has 31 heavy (non-hydrogen) atoms. The molecule has 0 aromatic heterocycles. The van der Waals surface area contributed by atoms with Crippen LogP contribution in [0.3, 0.4) is 0 Å². The molecule has 0 radical (unpaired) electrons. The highest BCUT2D eigenvalue weighted by Crippen LogP contribution is 2.28. The molecule has 2 fully saturated rings. The summed E-state index contributed by atoms with van der Waals surface area (Å²) >= 11 is 0. The smallest absolute Gasteiger partial charge is 0.257 e. The zero-order chi connectivity index (χ0) is 22.0. The zero-order valence-corrected chi connectivity index (χ0v) is 17.1. The summed E-state index contributed by atoms with van der Waals surface area (Å²) < 4.78 is 24.2. The standard InChI is InChI=1S/C23H23FN2O5/c1-30-18-5-2-4-15(12-18)22(28)25(14-19-6-3-11-31-19)20-13-21(27)26(23(20)29)17-9-7-16(24)8-10-17/h2,4-5,7-10,12,19-20H,3,6,11,13-14H2,1H3. The molecule has 2 heterocycles. The van der Waals surface area contributed by atoms with Crippen LogP contribution in [0.15, 0.2) is 48.5 Å². The number of ether oxygens (including phenoxy) is 2. The molecule has 0 N–H and O–H groups in total. The van der Waals surface area contributed by atoms with Gasteiger partial charge >= 0.3 is 0 Å². The maximum atomic E-state index is 13.4. The number of nitrogens with zero attached hydrogens (tertiary/aromatic N) is 2. The van der Waals surface area contributed by atoms with Crippen LogP contribution in [0.2, 0.25) is 0 Å². The molecule has 4 rings (SSSR count). The van der Waals surface area contributed by atoms with Crippen molar-refractivity contribution in [2.45, 2.75) is 31.4 Å². The van der Waals surface area contributed by atoms with E-state index in [-0.39, 0.29) is 30.7 Å². The molecule has 7 nitrogen and oxygen atoms in total. The van der Waals surface area contributed by atoms with Crippen LogP contribution in [0.25, 0.3) is 0 Å². The highest BCUT2D eigenvalue weighted by Gasteiger charge is 2.45. The molecule has 2 aromatic carbocycles. The SMILES string of the molecule is COc1cccc(C(=O)N(CC2CCCO2)C2CC(=O)N(c3ccc(F)cc3)C2=O)c1. The third-order valence-electron chi connectivity index (χ3n) is 5.59. The minimum atomic E-state index is -0.958. The van der Waals surface area contributed by atoms with Gasteiger partial charge in [0, 0.05) is 18.7 Å². The first-order valence-corrected chi connectivity index (χ1v) is 10.2. The lowest BCUT2D eigenvalue weighted by molar-refractivity contribution is -0.122. The normalized spacial score (nSPS) is 20.9. The van der Waals surface area contributed by atoms with Crippen LogP contribution >= 0.6 is 0 Å².